The van der Waals surface area contributed by atoms with Gasteiger partial charge in [0.1, 0.15) is 13.6 Å². The summed E-state index contributed by atoms with van der Waals surface area (Å²) in [5, 5.41) is 0. The van der Waals surface area contributed by atoms with Crippen molar-refractivity contribution in [1.29, 1.82) is 0 Å². The van der Waals surface area contributed by atoms with Crippen molar-refractivity contribution < 1.29 is 14.1 Å². The van der Waals surface area contributed by atoms with Crippen LogP contribution in [-0.4, -0.2) is 37.0 Å². The molecule has 0 amide bonds. The van der Waals surface area contributed by atoms with Crippen LogP contribution in [0.1, 0.15) is 36.3 Å². The molecule has 3 nitrogen and oxygen atoms in total. The number of benzene rings is 1. The van der Waals surface area contributed by atoms with Crippen molar-refractivity contribution >= 4 is 11.7 Å². The molecule has 1 aromatic rings. The zero-order valence-corrected chi connectivity index (χ0v) is 12.0. The number of carbonyl (C=O) groups is 1. The summed E-state index contributed by atoms with van der Waals surface area (Å²) in [5.74, 6) is -0.413. The fourth-order valence-electron chi connectivity index (χ4n) is 2.70. The van der Waals surface area contributed by atoms with Gasteiger partial charge in [0.15, 0.2) is 11.6 Å². The molecule has 1 heterocycles. The van der Waals surface area contributed by atoms with Crippen LogP contribution in [0, 0.1) is 6.92 Å². The Balaban J connectivity index is 2.41. The van der Waals surface area contributed by atoms with Crippen molar-refractivity contribution in [3.05, 3.63) is 35.4 Å². The average Bonchev–Trinajstić information content (AvgIpc) is 2.43. The number of nitrogens with zero attached hydrogens (tertiary/aromatic N) is 1. The van der Waals surface area contributed by atoms with Gasteiger partial charge >= 0.3 is 5.97 Å². The summed E-state index contributed by atoms with van der Waals surface area (Å²) in [6.45, 7) is 3.07. The Morgan fingerprint density at radius 2 is 1.95 bits per heavy atom. The summed E-state index contributed by atoms with van der Waals surface area (Å²) < 4.78 is 7.23. The highest BCUT2D eigenvalue weighted by Gasteiger charge is 2.34. The monoisotopic (exact) mass is 260 g/mol. The lowest BCUT2D eigenvalue weighted by atomic mass is 9.89. The van der Waals surface area contributed by atoms with E-state index in [1.807, 2.05) is 12.1 Å². The van der Waals surface area contributed by atoms with Gasteiger partial charge in [0.25, 0.3) is 0 Å². The molecule has 0 saturated carbocycles. The molecule has 1 aliphatic rings. The molecule has 0 radical (unpaired) electrons. The molecular formula is C16H22NO2+. The number of carbonyl (C=O) groups excluding carboxylic acids is 1. The Kier molecular flexibility index (Phi) is 4.35. The quantitative estimate of drug-likeness (QED) is 0.617. The molecule has 0 saturated heterocycles. The van der Waals surface area contributed by atoms with Crippen molar-refractivity contribution in [1.82, 2.24) is 0 Å². The van der Waals surface area contributed by atoms with E-state index >= 15 is 0 Å². The zero-order chi connectivity index (χ0) is 13.8. The number of methoxy groups -OCH3 is 1. The van der Waals surface area contributed by atoms with Crippen LogP contribution >= 0.6 is 0 Å². The molecule has 0 bridgehead atoms. The maximum absolute atomic E-state index is 12.2. The predicted octanol–water partition coefficient (Wildman–Crippen LogP) is 2.52. The summed E-state index contributed by atoms with van der Waals surface area (Å²) in [6.07, 6.45) is 3.32. The largest absolute Gasteiger partial charge is 0.468 e. The highest BCUT2D eigenvalue weighted by atomic mass is 16.5. The lowest BCUT2D eigenvalue weighted by molar-refractivity contribution is -0.504. The topological polar surface area (TPSA) is 29.3 Å². The van der Waals surface area contributed by atoms with Crippen LogP contribution in [0.2, 0.25) is 0 Å². The number of hydrogen-bond donors (Lipinski definition) is 0. The van der Waals surface area contributed by atoms with Gasteiger partial charge in [-0.3, -0.25) is 4.79 Å². The van der Waals surface area contributed by atoms with Crippen LogP contribution in [0.3, 0.4) is 0 Å². The van der Waals surface area contributed by atoms with Crippen molar-refractivity contribution in [3.8, 4) is 0 Å². The second-order valence-electron chi connectivity index (χ2n) is 5.24. The zero-order valence-electron chi connectivity index (χ0n) is 12.0. The first kappa shape index (κ1) is 13.8. The number of aryl methyl sites for hydroxylation is 1. The van der Waals surface area contributed by atoms with Gasteiger partial charge in [-0.1, -0.05) is 29.8 Å². The summed E-state index contributed by atoms with van der Waals surface area (Å²) in [7, 11) is 3.53. The van der Waals surface area contributed by atoms with Crippen LogP contribution in [-0.2, 0) is 9.53 Å². The highest BCUT2D eigenvalue weighted by molar-refractivity contribution is 6.05. The van der Waals surface area contributed by atoms with Crippen LogP contribution < -0.4 is 0 Å². The Morgan fingerprint density at radius 3 is 2.53 bits per heavy atom. The third-order valence-electron chi connectivity index (χ3n) is 3.85. The van der Waals surface area contributed by atoms with Gasteiger partial charge in [0.2, 0.25) is 0 Å². The maximum atomic E-state index is 12.2. The van der Waals surface area contributed by atoms with Crippen LogP contribution in [0.15, 0.2) is 24.3 Å². The second kappa shape index (κ2) is 6.00. The van der Waals surface area contributed by atoms with Crippen molar-refractivity contribution in [2.24, 2.45) is 0 Å². The van der Waals surface area contributed by atoms with E-state index in [4.69, 9.17) is 4.74 Å². The lowest BCUT2D eigenvalue weighted by Gasteiger charge is -2.19. The van der Waals surface area contributed by atoms with Crippen LogP contribution in [0.5, 0.6) is 0 Å². The van der Waals surface area contributed by atoms with E-state index in [0.717, 1.165) is 24.9 Å². The normalized spacial score (nSPS) is 17.2. The first-order valence-electron chi connectivity index (χ1n) is 6.84. The first-order chi connectivity index (χ1) is 9.13. The van der Waals surface area contributed by atoms with Gasteiger partial charge in [-0.05, 0) is 18.9 Å². The van der Waals surface area contributed by atoms with Crippen LogP contribution in [0.4, 0.5) is 0 Å². The fourth-order valence-corrected chi connectivity index (χ4v) is 2.70. The number of hydrogen-bond acceptors (Lipinski definition) is 2. The van der Waals surface area contributed by atoms with E-state index in [1.165, 1.54) is 24.8 Å². The molecule has 1 atom stereocenters. The summed E-state index contributed by atoms with van der Waals surface area (Å²) in [5.41, 5.74) is 3.41. The number of rotatable bonds is 3. The Hall–Kier alpha value is -1.64. The molecule has 0 aromatic heterocycles. The molecule has 0 fully saturated rings. The minimum atomic E-state index is -0.254. The van der Waals surface area contributed by atoms with Crippen molar-refractivity contribution in [3.63, 3.8) is 0 Å². The van der Waals surface area contributed by atoms with E-state index in [1.54, 1.807) is 0 Å². The number of esters is 1. The third-order valence-corrected chi connectivity index (χ3v) is 3.85. The summed E-state index contributed by atoms with van der Waals surface area (Å²) in [4.78, 5) is 12.2. The second-order valence-corrected chi connectivity index (χ2v) is 5.24. The van der Waals surface area contributed by atoms with E-state index in [-0.39, 0.29) is 11.9 Å². The summed E-state index contributed by atoms with van der Waals surface area (Å²) in [6, 6.07) is 8.17. The highest BCUT2D eigenvalue weighted by Crippen LogP contribution is 2.24. The molecule has 1 aliphatic heterocycles. The third kappa shape index (κ3) is 3.03. The Labute approximate surface area is 114 Å². The molecule has 102 valence electrons. The van der Waals surface area contributed by atoms with Crippen molar-refractivity contribution in [2.45, 2.75) is 32.1 Å². The van der Waals surface area contributed by atoms with Gasteiger partial charge in [0, 0.05) is 12.8 Å². The van der Waals surface area contributed by atoms with E-state index in [9.17, 15) is 4.79 Å². The molecule has 3 heteroatoms. The van der Waals surface area contributed by atoms with E-state index in [2.05, 4.69) is 30.7 Å². The first-order valence-corrected chi connectivity index (χ1v) is 6.84. The van der Waals surface area contributed by atoms with Gasteiger partial charge in [-0.15, -0.1) is 0 Å². The van der Waals surface area contributed by atoms with Gasteiger partial charge in [-0.2, -0.15) is 0 Å². The Bertz CT molecular complexity index is 488. The molecular weight excluding hydrogens is 238 g/mol. The average molecular weight is 260 g/mol. The lowest BCUT2D eigenvalue weighted by Crippen LogP contribution is -2.33. The Morgan fingerprint density at radius 1 is 1.26 bits per heavy atom. The van der Waals surface area contributed by atoms with Gasteiger partial charge in [-0.25, -0.2) is 4.58 Å². The van der Waals surface area contributed by atoms with E-state index in [0.29, 0.717) is 0 Å². The van der Waals surface area contributed by atoms with Crippen LogP contribution in [0.25, 0.3) is 0 Å². The molecule has 2 rings (SSSR count). The van der Waals surface area contributed by atoms with E-state index < -0.39 is 0 Å². The molecule has 0 unspecified atom stereocenters. The maximum Gasteiger partial charge on any atom is 0.323 e. The molecule has 19 heavy (non-hydrogen) atoms. The standard InChI is InChI=1S/C16H22NO2/c1-12-7-9-13(10-8-12)15(16(18)19-3)14-6-4-5-11-17(14)2/h7-10,15H,4-6,11H2,1-3H3/q+1/t15-/m0/s1. The number of ether oxygens (including phenoxy) is 1. The SMILES string of the molecule is COC(=O)[C@H](C1=[N+](C)CCCC1)c1ccc(C)cc1. The van der Waals surface area contributed by atoms with Crippen molar-refractivity contribution in [2.75, 3.05) is 20.7 Å². The van der Waals surface area contributed by atoms with Gasteiger partial charge in [0.05, 0.1) is 7.11 Å². The molecule has 0 aliphatic carbocycles. The minimum Gasteiger partial charge on any atom is -0.468 e. The van der Waals surface area contributed by atoms with Gasteiger partial charge < -0.3 is 4.74 Å². The minimum absolute atomic E-state index is 0.160. The summed E-state index contributed by atoms with van der Waals surface area (Å²) >= 11 is 0. The molecule has 0 spiro atoms. The fraction of sp³-hybridized carbons (Fsp3) is 0.500. The predicted molar refractivity (Wildman–Crippen MR) is 75.8 cm³/mol. The molecule has 1 aromatic carbocycles. The smallest absolute Gasteiger partial charge is 0.323 e. The molecule has 0 N–H and O–H groups in total.